The summed E-state index contributed by atoms with van der Waals surface area (Å²) in [5, 5.41) is 8.72. The summed E-state index contributed by atoms with van der Waals surface area (Å²) in [4.78, 5) is 22.2. The quantitative estimate of drug-likeness (QED) is 0.844. The Labute approximate surface area is 93.5 Å². The molecule has 4 heteroatoms. The first-order chi connectivity index (χ1) is 7.66. The van der Waals surface area contributed by atoms with E-state index in [1.807, 2.05) is 6.07 Å². The average Bonchev–Trinajstić information content (AvgIpc) is 2.66. The van der Waals surface area contributed by atoms with Crippen molar-refractivity contribution in [3.8, 4) is 0 Å². The Morgan fingerprint density at radius 3 is 2.94 bits per heavy atom. The molecule has 1 fully saturated rings. The van der Waals surface area contributed by atoms with Gasteiger partial charge in [0.15, 0.2) is 0 Å². The van der Waals surface area contributed by atoms with Crippen molar-refractivity contribution in [2.24, 2.45) is 5.92 Å². The van der Waals surface area contributed by atoms with E-state index in [1.165, 1.54) is 0 Å². The lowest BCUT2D eigenvalue weighted by Crippen LogP contribution is -2.21. The highest BCUT2D eigenvalue weighted by molar-refractivity contribution is 5.67. The number of carboxylic acids is 1. The van der Waals surface area contributed by atoms with Crippen molar-refractivity contribution >= 4 is 5.97 Å². The largest absolute Gasteiger partial charge is 0.481 e. The second kappa shape index (κ2) is 4.51. The molecule has 0 bridgehead atoms. The molecule has 2 rings (SSSR count). The van der Waals surface area contributed by atoms with Crippen LogP contribution in [0.1, 0.15) is 31.7 Å². The molecule has 1 aliphatic rings. The molecule has 0 spiro atoms. The fourth-order valence-electron chi connectivity index (χ4n) is 2.48. The van der Waals surface area contributed by atoms with Crippen molar-refractivity contribution in [2.45, 2.75) is 31.7 Å². The van der Waals surface area contributed by atoms with Crippen LogP contribution in [0.5, 0.6) is 0 Å². The van der Waals surface area contributed by atoms with E-state index in [4.69, 9.17) is 5.11 Å². The number of carboxylic acid groups (broad SMARTS) is 1. The molecule has 1 aromatic heterocycles. The molecule has 2 unspecified atom stereocenters. The van der Waals surface area contributed by atoms with Gasteiger partial charge in [-0.1, -0.05) is 6.07 Å². The van der Waals surface area contributed by atoms with E-state index in [0.717, 1.165) is 19.3 Å². The highest BCUT2D eigenvalue weighted by atomic mass is 16.4. The maximum atomic E-state index is 11.6. The van der Waals surface area contributed by atoms with Crippen molar-refractivity contribution < 1.29 is 9.90 Å². The predicted molar refractivity (Wildman–Crippen MR) is 59.3 cm³/mol. The summed E-state index contributed by atoms with van der Waals surface area (Å²) in [6, 6.07) is 5.29. The Hall–Kier alpha value is -1.58. The van der Waals surface area contributed by atoms with Gasteiger partial charge in [0.25, 0.3) is 5.56 Å². The summed E-state index contributed by atoms with van der Waals surface area (Å²) < 4.78 is 1.72. The maximum Gasteiger partial charge on any atom is 0.303 e. The van der Waals surface area contributed by atoms with Gasteiger partial charge in [0.1, 0.15) is 0 Å². The fourth-order valence-corrected chi connectivity index (χ4v) is 2.48. The van der Waals surface area contributed by atoms with Gasteiger partial charge in [-0.3, -0.25) is 9.59 Å². The zero-order valence-electron chi connectivity index (χ0n) is 9.00. The van der Waals surface area contributed by atoms with Gasteiger partial charge in [-0.2, -0.15) is 0 Å². The Balaban J connectivity index is 2.07. The van der Waals surface area contributed by atoms with Crippen LogP contribution < -0.4 is 5.56 Å². The van der Waals surface area contributed by atoms with Crippen LogP contribution in [0, 0.1) is 5.92 Å². The van der Waals surface area contributed by atoms with E-state index < -0.39 is 5.97 Å². The second-order valence-electron chi connectivity index (χ2n) is 4.38. The molecule has 2 atom stereocenters. The average molecular weight is 221 g/mol. The van der Waals surface area contributed by atoms with E-state index in [0.29, 0.717) is 0 Å². The second-order valence-corrected chi connectivity index (χ2v) is 4.38. The van der Waals surface area contributed by atoms with Crippen molar-refractivity contribution in [3.63, 3.8) is 0 Å². The maximum absolute atomic E-state index is 11.6. The summed E-state index contributed by atoms with van der Waals surface area (Å²) in [7, 11) is 0. The number of hydrogen-bond donors (Lipinski definition) is 1. The smallest absolute Gasteiger partial charge is 0.303 e. The number of carbonyl (C=O) groups is 1. The number of rotatable bonds is 3. The Kier molecular flexibility index (Phi) is 3.08. The first kappa shape index (κ1) is 10.9. The van der Waals surface area contributed by atoms with Gasteiger partial charge >= 0.3 is 5.97 Å². The van der Waals surface area contributed by atoms with E-state index in [1.54, 1.807) is 22.9 Å². The molecule has 1 saturated carbocycles. The standard InChI is InChI=1S/C12H15NO3/c14-11-3-1-2-6-13(11)10-5-4-9(7-10)8-12(15)16/h1-3,6,9-10H,4-5,7-8H2,(H,15,16). The molecular formula is C12H15NO3. The minimum atomic E-state index is -0.744. The summed E-state index contributed by atoms with van der Waals surface area (Å²) in [5.41, 5.74) is 0.00322. The van der Waals surface area contributed by atoms with E-state index in [2.05, 4.69) is 0 Å². The van der Waals surface area contributed by atoms with Crippen LogP contribution in [0.15, 0.2) is 29.2 Å². The Morgan fingerprint density at radius 1 is 1.44 bits per heavy atom. The number of aliphatic carboxylic acids is 1. The fraction of sp³-hybridized carbons (Fsp3) is 0.500. The lowest BCUT2D eigenvalue weighted by molar-refractivity contribution is -0.138. The Bertz CT molecular complexity index is 438. The number of aromatic nitrogens is 1. The van der Waals surface area contributed by atoms with Crippen LogP contribution in [0.4, 0.5) is 0 Å². The first-order valence-electron chi connectivity index (χ1n) is 5.56. The SMILES string of the molecule is O=C(O)CC1CCC(n2ccccc2=O)C1. The molecule has 16 heavy (non-hydrogen) atoms. The van der Waals surface area contributed by atoms with Gasteiger partial charge in [-0.05, 0) is 31.2 Å². The minimum Gasteiger partial charge on any atom is -0.481 e. The third kappa shape index (κ3) is 2.32. The van der Waals surface area contributed by atoms with Crippen LogP contribution in [-0.2, 0) is 4.79 Å². The monoisotopic (exact) mass is 221 g/mol. The Morgan fingerprint density at radius 2 is 2.25 bits per heavy atom. The van der Waals surface area contributed by atoms with Crippen molar-refractivity contribution in [1.29, 1.82) is 0 Å². The third-order valence-corrected chi connectivity index (χ3v) is 3.22. The molecule has 86 valence electrons. The molecule has 1 N–H and O–H groups in total. The highest BCUT2D eigenvalue weighted by Crippen LogP contribution is 2.35. The van der Waals surface area contributed by atoms with Gasteiger partial charge < -0.3 is 9.67 Å². The minimum absolute atomic E-state index is 0.00322. The summed E-state index contributed by atoms with van der Waals surface area (Å²) in [6.07, 6.45) is 4.62. The van der Waals surface area contributed by atoms with E-state index in [9.17, 15) is 9.59 Å². The van der Waals surface area contributed by atoms with Crippen LogP contribution in [-0.4, -0.2) is 15.6 Å². The van der Waals surface area contributed by atoms with E-state index in [-0.39, 0.29) is 23.9 Å². The molecule has 0 aromatic carbocycles. The van der Waals surface area contributed by atoms with Gasteiger partial charge in [-0.25, -0.2) is 0 Å². The number of hydrogen-bond acceptors (Lipinski definition) is 2. The first-order valence-corrected chi connectivity index (χ1v) is 5.56. The van der Waals surface area contributed by atoms with Crippen molar-refractivity contribution in [3.05, 3.63) is 34.7 Å². The van der Waals surface area contributed by atoms with Crippen LogP contribution >= 0.6 is 0 Å². The molecule has 0 saturated heterocycles. The molecule has 1 aromatic rings. The van der Waals surface area contributed by atoms with Crippen LogP contribution in [0.3, 0.4) is 0 Å². The van der Waals surface area contributed by atoms with Gasteiger partial charge in [0.2, 0.25) is 0 Å². The lowest BCUT2D eigenvalue weighted by atomic mass is 10.0. The summed E-state index contributed by atoms with van der Waals surface area (Å²) in [6.45, 7) is 0. The molecule has 0 radical (unpaired) electrons. The zero-order chi connectivity index (χ0) is 11.5. The van der Waals surface area contributed by atoms with Crippen LogP contribution in [0.25, 0.3) is 0 Å². The van der Waals surface area contributed by atoms with Gasteiger partial charge in [0, 0.05) is 24.7 Å². The highest BCUT2D eigenvalue weighted by Gasteiger charge is 2.27. The van der Waals surface area contributed by atoms with Crippen LogP contribution in [0.2, 0.25) is 0 Å². The zero-order valence-corrected chi connectivity index (χ0v) is 9.00. The number of nitrogens with zero attached hydrogens (tertiary/aromatic N) is 1. The normalized spacial score (nSPS) is 24.5. The lowest BCUT2D eigenvalue weighted by Gasteiger charge is -2.13. The number of pyridine rings is 1. The predicted octanol–water partition coefficient (Wildman–Crippen LogP) is 1.66. The van der Waals surface area contributed by atoms with Gasteiger partial charge in [0.05, 0.1) is 0 Å². The van der Waals surface area contributed by atoms with E-state index >= 15 is 0 Å². The topological polar surface area (TPSA) is 59.3 Å². The molecule has 1 aliphatic carbocycles. The van der Waals surface area contributed by atoms with Gasteiger partial charge in [-0.15, -0.1) is 0 Å². The molecule has 4 nitrogen and oxygen atoms in total. The molecule has 0 amide bonds. The molecule has 0 aliphatic heterocycles. The third-order valence-electron chi connectivity index (χ3n) is 3.22. The van der Waals surface area contributed by atoms with Crippen molar-refractivity contribution in [1.82, 2.24) is 4.57 Å². The summed E-state index contributed by atoms with van der Waals surface area (Å²) >= 11 is 0. The molecule has 1 heterocycles. The molecular weight excluding hydrogens is 206 g/mol. The summed E-state index contributed by atoms with van der Waals surface area (Å²) in [5.74, 6) is -0.527. The van der Waals surface area contributed by atoms with Crippen molar-refractivity contribution in [2.75, 3.05) is 0 Å².